The lowest BCUT2D eigenvalue weighted by molar-refractivity contribution is -0.122. The number of hydrogen-bond donors (Lipinski definition) is 2. The number of benzene rings is 1. The van der Waals surface area contributed by atoms with Crippen molar-refractivity contribution < 1.29 is 14.6 Å². The summed E-state index contributed by atoms with van der Waals surface area (Å²) in [5.41, 5.74) is 0.659. The predicted octanol–water partition coefficient (Wildman–Crippen LogP) is 1.63. The number of rotatable bonds is 4. The number of aliphatic hydroxyl groups is 1. The summed E-state index contributed by atoms with van der Waals surface area (Å²) in [6, 6.07) is 5.30. The highest BCUT2D eigenvalue weighted by atomic mass is 79.9. The van der Waals surface area contributed by atoms with Crippen LogP contribution in [0, 0.1) is 0 Å². The maximum Gasteiger partial charge on any atom is 0.257 e. The van der Waals surface area contributed by atoms with Crippen LogP contribution in [-0.2, 0) is 4.79 Å². The molecule has 1 atom stereocenters. The van der Waals surface area contributed by atoms with Crippen molar-refractivity contribution in [2.45, 2.75) is 13.0 Å². The molecule has 0 aliphatic carbocycles. The molecule has 1 rings (SSSR count). The van der Waals surface area contributed by atoms with Gasteiger partial charge in [-0.25, -0.2) is 0 Å². The van der Waals surface area contributed by atoms with Crippen LogP contribution in [-0.4, -0.2) is 24.7 Å². The van der Waals surface area contributed by atoms with E-state index in [4.69, 9.17) is 4.74 Å². The largest absolute Gasteiger partial charge is 0.483 e. The van der Waals surface area contributed by atoms with Crippen molar-refractivity contribution in [2.24, 2.45) is 0 Å². The van der Waals surface area contributed by atoms with Crippen LogP contribution in [0.5, 0.6) is 5.75 Å². The molecule has 0 fully saturated rings. The van der Waals surface area contributed by atoms with Crippen molar-refractivity contribution in [1.82, 2.24) is 5.32 Å². The SMILES string of the molecule is CNC(=O)COc1cc(Br)ccc1C(C)O. The Kier molecular flexibility index (Phi) is 4.76. The van der Waals surface area contributed by atoms with Crippen molar-refractivity contribution in [3.63, 3.8) is 0 Å². The Morgan fingerprint density at radius 2 is 2.31 bits per heavy atom. The van der Waals surface area contributed by atoms with Crippen LogP contribution in [0.4, 0.5) is 0 Å². The van der Waals surface area contributed by atoms with Gasteiger partial charge in [0.15, 0.2) is 6.61 Å². The van der Waals surface area contributed by atoms with Crippen LogP contribution in [0.15, 0.2) is 22.7 Å². The third-order valence-corrected chi connectivity index (χ3v) is 2.56. The third-order valence-electron chi connectivity index (χ3n) is 2.06. The smallest absolute Gasteiger partial charge is 0.257 e. The van der Waals surface area contributed by atoms with E-state index in [9.17, 15) is 9.90 Å². The van der Waals surface area contributed by atoms with E-state index >= 15 is 0 Å². The molecule has 1 amide bonds. The van der Waals surface area contributed by atoms with E-state index in [2.05, 4.69) is 21.2 Å². The van der Waals surface area contributed by atoms with Crippen molar-refractivity contribution >= 4 is 21.8 Å². The average Bonchev–Trinajstić information content (AvgIpc) is 2.25. The third kappa shape index (κ3) is 3.50. The summed E-state index contributed by atoms with van der Waals surface area (Å²) in [4.78, 5) is 11.0. The fourth-order valence-electron chi connectivity index (χ4n) is 1.19. The molecule has 1 unspecified atom stereocenters. The summed E-state index contributed by atoms with van der Waals surface area (Å²) in [5, 5.41) is 12.0. The zero-order valence-electron chi connectivity index (χ0n) is 9.16. The van der Waals surface area contributed by atoms with Gasteiger partial charge in [0.25, 0.3) is 5.91 Å². The Balaban J connectivity index is 2.84. The maximum atomic E-state index is 11.0. The monoisotopic (exact) mass is 287 g/mol. The lowest BCUT2D eigenvalue weighted by atomic mass is 10.1. The second kappa shape index (κ2) is 5.86. The Hall–Kier alpha value is -1.07. The highest BCUT2D eigenvalue weighted by Crippen LogP contribution is 2.28. The van der Waals surface area contributed by atoms with Gasteiger partial charge < -0.3 is 15.2 Å². The van der Waals surface area contributed by atoms with Gasteiger partial charge in [-0.15, -0.1) is 0 Å². The normalized spacial score (nSPS) is 12.0. The molecule has 0 saturated heterocycles. The first-order valence-corrected chi connectivity index (χ1v) is 5.64. The fourth-order valence-corrected chi connectivity index (χ4v) is 1.53. The van der Waals surface area contributed by atoms with E-state index in [1.807, 2.05) is 6.07 Å². The van der Waals surface area contributed by atoms with Crippen LogP contribution < -0.4 is 10.1 Å². The molecule has 88 valence electrons. The minimum Gasteiger partial charge on any atom is -0.483 e. The predicted molar refractivity (Wildman–Crippen MR) is 64.3 cm³/mol. The highest BCUT2D eigenvalue weighted by Gasteiger charge is 2.10. The van der Waals surface area contributed by atoms with Crippen LogP contribution in [0.1, 0.15) is 18.6 Å². The first-order chi connectivity index (χ1) is 7.54. The summed E-state index contributed by atoms with van der Waals surface area (Å²) < 4.78 is 6.17. The first-order valence-electron chi connectivity index (χ1n) is 4.85. The molecule has 1 aromatic carbocycles. The molecule has 1 aromatic rings. The topological polar surface area (TPSA) is 58.6 Å². The number of carbonyl (C=O) groups is 1. The second-order valence-electron chi connectivity index (χ2n) is 3.32. The molecule has 0 saturated carbocycles. The number of likely N-dealkylation sites (N-methyl/N-ethyl adjacent to an activating group) is 1. The summed E-state index contributed by atoms with van der Waals surface area (Å²) in [6.45, 7) is 1.59. The van der Waals surface area contributed by atoms with Gasteiger partial charge in [-0.1, -0.05) is 22.0 Å². The quantitative estimate of drug-likeness (QED) is 0.885. The lowest BCUT2D eigenvalue weighted by Gasteiger charge is -2.13. The number of halogens is 1. The van der Waals surface area contributed by atoms with Crippen molar-refractivity contribution in [1.29, 1.82) is 0 Å². The molecule has 16 heavy (non-hydrogen) atoms. The Morgan fingerprint density at radius 1 is 1.62 bits per heavy atom. The van der Waals surface area contributed by atoms with Crippen molar-refractivity contribution in [3.05, 3.63) is 28.2 Å². The van der Waals surface area contributed by atoms with Gasteiger partial charge in [-0.2, -0.15) is 0 Å². The maximum absolute atomic E-state index is 11.0. The van der Waals surface area contributed by atoms with Crippen LogP contribution in [0.25, 0.3) is 0 Å². The number of aliphatic hydroxyl groups excluding tert-OH is 1. The molecular formula is C11H14BrNO3. The van der Waals surface area contributed by atoms with Crippen molar-refractivity contribution in [3.8, 4) is 5.75 Å². The highest BCUT2D eigenvalue weighted by molar-refractivity contribution is 9.10. The lowest BCUT2D eigenvalue weighted by Crippen LogP contribution is -2.25. The Bertz CT molecular complexity index is 379. The number of hydrogen-bond acceptors (Lipinski definition) is 3. The van der Waals surface area contributed by atoms with Crippen molar-refractivity contribution in [2.75, 3.05) is 13.7 Å². The van der Waals surface area contributed by atoms with E-state index in [0.29, 0.717) is 11.3 Å². The van der Waals surface area contributed by atoms with Gasteiger partial charge in [-0.3, -0.25) is 4.79 Å². The molecule has 0 heterocycles. The van der Waals surface area contributed by atoms with Gasteiger partial charge in [0, 0.05) is 17.1 Å². The van der Waals surface area contributed by atoms with Gasteiger partial charge in [-0.05, 0) is 19.1 Å². The number of ether oxygens (including phenoxy) is 1. The Labute approximate surface area is 103 Å². The van der Waals surface area contributed by atoms with Crippen LogP contribution >= 0.6 is 15.9 Å². The van der Waals surface area contributed by atoms with Gasteiger partial charge in [0.1, 0.15) is 5.75 Å². The summed E-state index contributed by atoms with van der Waals surface area (Å²) in [5.74, 6) is 0.296. The molecule has 0 bridgehead atoms. The summed E-state index contributed by atoms with van der Waals surface area (Å²) in [6.07, 6.45) is -0.632. The van der Waals surface area contributed by atoms with E-state index in [1.165, 1.54) is 0 Å². The number of amides is 1. The average molecular weight is 288 g/mol. The van der Waals surface area contributed by atoms with Gasteiger partial charge in [0.2, 0.25) is 0 Å². The molecule has 0 radical (unpaired) electrons. The molecular weight excluding hydrogens is 274 g/mol. The molecule has 0 aliphatic heterocycles. The van der Waals surface area contributed by atoms with Gasteiger partial charge in [0.05, 0.1) is 6.10 Å². The molecule has 0 aromatic heterocycles. The zero-order valence-corrected chi connectivity index (χ0v) is 10.7. The van der Waals surface area contributed by atoms with Gasteiger partial charge >= 0.3 is 0 Å². The van der Waals surface area contributed by atoms with E-state index < -0.39 is 6.10 Å². The second-order valence-corrected chi connectivity index (χ2v) is 4.24. The Morgan fingerprint density at radius 3 is 2.88 bits per heavy atom. The summed E-state index contributed by atoms with van der Waals surface area (Å²) in [7, 11) is 1.54. The molecule has 4 nitrogen and oxygen atoms in total. The first kappa shape index (κ1) is 13.0. The molecule has 0 spiro atoms. The van der Waals surface area contributed by atoms with Crippen LogP contribution in [0.3, 0.4) is 0 Å². The fraction of sp³-hybridized carbons (Fsp3) is 0.364. The van der Waals surface area contributed by atoms with Crippen LogP contribution in [0.2, 0.25) is 0 Å². The summed E-state index contributed by atoms with van der Waals surface area (Å²) >= 11 is 3.31. The number of nitrogens with one attached hydrogen (secondary N) is 1. The zero-order chi connectivity index (χ0) is 12.1. The molecule has 5 heteroatoms. The van der Waals surface area contributed by atoms with E-state index in [1.54, 1.807) is 26.1 Å². The van der Waals surface area contributed by atoms with E-state index in [-0.39, 0.29) is 12.5 Å². The minimum absolute atomic E-state index is 0.0628. The number of carbonyl (C=O) groups excluding carboxylic acids is 1. The standard InChI is InChI=1S/C11H14BrNO3/c1-7(14)9-4-3-8(12)5-10(9)16-6-11(15)13-2/h3-5,7,14H,6H2,1-2H3,(H,13,15). The minimum atomic E-state index is -0.632. The van der Waals surface area contributed by atoms with E-state index in [0.717, 1.165) is 4.47 Å². The molecule has 2 N–H and O–H groups in total. The molecule has 0 aliphatic rings.